The van der Waals surface area contributed by atoms with Crippen LogP contribution in [0.4, 0.5) is 5.13 Å². The second kappa shape index (κ2) is 19.6. The van der Waals surface area contributed by atoms with Crippen LogP contribution >= 0.6 is 34.5 Å². The first-order valence-electron chi connectivity index (χ1n) is 21.8. The Balaban J connectivity index is 0.954. The first-order chi connectivity index (χ1) is 32.7. The van der Waals surface area contributed by atoms with E-state index in [-0.39, 0.29) is 59.5 Å². The van der Waals surface area contributed by atoms with Crippen LogP contribution in [0.2, 0.25) is 10.0 Å². The Morgan fingerprint density at radius 3 is 2.26 bits per heavy atom. The Morgan fingerprint density at radius 2 is 1.60 bits per heavy atom. The highest BCUT2D eigenvalue weighted by molar-refractivity contribution is 7.91. The number of carbonyl (C=O) groups is 3. The highest BCUT2D eigenvalue weighted by Crippen LogP contribution is 2.43. The molecule has 1 aromatic heterocycles. The number of nitrogens with one attached hydrogen (secondary N) is 2. The zero-order valence-electron chi connectivity index (χ0n) is 36.4. The van der Waals surface area contributed by atoms with E-state index in [9.17, 15) is 27.9 Å². The summed E-state index contributed by atoms with van der Waals surface area (Å²) in [6.07, 6.45) is 1.72. The van der Waals surface area contributed by atoms with Gasteiger partial charge in [-0.15, -0.1) is 0 Å². The predicted octanol–water partition coefficient (Wildman–Crippen LogP) is 9.05. The number of fused-ring (bicyclic) bond motifs is 2. The Kier molecular flexibility index (Phi) is 13.5. The number of nitriles is 1. The lowest BCUT2D eigenvalue weighted by Crippen LogP contribution is -2.55. The number of sulfonamides is 1. The molecule has 3 aliphatic rings. The van der Waals surface area contributed by atoms with E-state index in [1.165, 1.54) is 6.92 Å². The smallest absolute Gasteiger partial charge is 0.326 e. The van der Waals surface area contributed by atoms with Crippen molar-refractivity contribution >= 4 is 67.5 Å². The van der Waals surface area contributed by atoms with Crippen molar-refractivity contribution in [3.63, 3.8) is 0 Å². The number of aryl methyl sites for hydroxylation is 1. The molecule has 0 bridgehead atoms. The van der Waals surface area contributed by atoms with Gasteiger partial charge in [0.2, 0.25) is 11.8 Å². The summed E-state index contributed by atoms with van der Waals surface area (Å²) in [5.41, 5.74) is 5.87. The molecule has 0 radical (unpaired) electrons. The number of carbonyl (C=O) groups excluding carboxylic acids is 2. The molecule has 9 rings (SSSR count). The number of benzene rings is 5. The van der Waals surface area contributed by atoms with Crippen molar-refractivity contribution in [1.82, 2.24) is 14.6 Å². The maximum absolute atomic E-state index is 14.8. The minimum Gasteiger partial charge on any atom is -0.489 e. The van der Waals surface area contributed by atoms with Gasteiger partial charge in [0.05, 0.1) is 27.4 Å². The Morgan fingerprint density at radius 1 is 0.912 bits per heavy atom. The van der Waals surface area contributed by atoms with E-state index in [0.717, 1.165) is 57.2 Å². The molecule has 3 N–H and O–H groups in total. The lowest BCUT2D eigenvalue weighted by Gasteiger charge is -2.36. The second-order valence-electron chi connectivity index (χ2n) is 16.9. The molecule has 18 heteroatoms. The summed E-state index contributed by atoms with van der Waals surface area (Å²) >= 11 is 13.0. The Bertz CT molecular complexity index is 3070. The Labute approximate surface area is 406 Å². The normalized spacial score (nSPS) is 17.2. The first-order valence-corrected chi connectivity index (χ1v) is 24.8. The van der Waals surface area contributed by atoms with E-state index in [1.807, 2.05) is 54.6 Å². The lowest BCUT2D eigenvalue weighted by molar-refractivity contribution is -0.142. The molecule has 3 atom stereocenters. The second-order valence-corrected chi connectivity index (χ2v) is 20.8. The van der Waals surface area contributed by atoms with Gasteiger partial charge in [-0.1, -0.05) is 95.6 Å². The van der Waals surface area contributed by atoms with Crippen LogP contribution in [0.5, 0.6) is 17.2 Å². The monoisotopic (exact) mass is 991 g/mol. The number of anilines is 1. The van der Waals surface area contributed by atoms with E-state index < -0.39 is 40.1 Å². The summed E-state index contributed by atoms with van der Waals surface area (Å²) in [6, 6.07) is 29.7. The van der Waals surface area contributed by atoms with Crippen molar-refractivity contribution < 1.29 is 42.1 Å². The number of hydrogen-bond acceptors (Lipinski definition) is 11. The van der Waals surface area contributed by atoms with Gasteiger partial charge in [-0.05, 0) is 114 Å². The third kappa shape index (κ3) is 10.0. The molecule has 1 unspecified atom stereocenters. The van der Waals surface area contributed by atoms with Gasteiger partial charge in [0.15, 0.2) is 26.9 Å². The fourth-order valence-electron chi connectivity index (χ4n) is 8.28. The van der Waals surface area contributed by atoms with Crippen molar-refractivity contribution in [3.05, 3.63) is 152 Å². The van der Waals surface area contributed by atoms with Crippen LogP contribution in [0.25, 0.3) is 11.1 Å². The summed E-state index contributed by atoms with van der Waals surface area (Å²) in [5, 5.41) is 26.0. The van der Waals surface area contributed by atoms with E-state index in [4.69, 9.17) is 42.7 Å². The van der Waals surface area contributed by atoms with Crippen LogP contribution in [0.1, 0.15) is 64.4 Å². The standard InChI is InChI=1S/C50H43Cl2N5O9S2/c1-28-49(67-50(54-28)56-46(58)35-3-2-4-35)68(62,63)57-25-37-23-44-43(65-27-45(66-44)34-14-16-38(17-15-34)64-26-31-9-18-39(51)40(52)19-31)22-36(37)21-42(57)47(59)55-41(48(60)61)20-29-5-10-32(11-6-29)33-12-7-30(24-53)8-13-33/h5-19,22-23,35,41-42,45H,2-4,20-21,25-27H2,1H3,(H,55,59)(H,60,61)(H,54,56,58)/t41-,42?,45+/m0/s1. The van der Waals surface area contributed by atoms with E-state index in [1.54, 1.807) is 48.5 Å². The number of amides is 2. The lowest BCUT2D eigenvalue weighted by atomic mass is 9.85. The quantitative estimate of drug-likeness (QED) is 0.0942. The molecule has 1 aliphatic carbocycles. The van der Waals surface area contributed by atoms with E-state index >= 15 is 0 Å². The summed E-state index contributed by atoms with van der Waals surface area (Å²) in [6.45, 7) is 1.71. The zero-order chi connectivity index (χ0) is 47.7. The van der Waals surface area contributed by atoms with Crippen LogP contribution in [0, 0.1) is 24.2 Å². The van der Waals surface area contributed by atoms with Crippen molar-refractivity contribution in [1.29, 1.82) is 5.26 Å². The number of aliphatic carboxylic acids is 1. The molecule has 14 nitrogen and oxygen atoms in total. The number of rotatable bonds is 14. The molecular weight excluding hydrogens is 950 g/mol. The number of hydrogen-bond donors (Lipinski definition) is 3. The molecule has 6 aromatic rings. The number of nitrogens with zero attached hydrogens (tertiary/aromatic N) is 3. The summed E-state index contributed by atoms with van der Waals surface area (Å²) < 4.78 is 49.2. The van der Waals surface area contributed by atoms with Crippen molar-refractivity contribution in [2.24, 2.45) is 5.92 Å². The van der Waals surface area contributed by atoms with Crippen LogP contribution in [-0.2, 0) is 50.4 Å². The average molecular weight is 993 g/mol. The van der Waals surface area contributed by atoms with Gasteiger partial charge < -0.3 is 30.0 Å². The predicted molar refractivity (Wildman–Crippen MR) is 255 cm³/mol. The minimum absolute atomic E-state index is 0.0862. The van der Waals surface area contributed by atoms with Gasteiger partial charge in [-0.3, -0.25) is 9.59 Å². The number of thiazole rings is 1. The summed E-state index contributed by atoms with van der Waals surface area (Å²) in [5.74, 6) is -1.08. The number of carboxylic acid groups (broad SMARTS) is 1. The first kappa shape index (κ1) is 46.6. The van der Waals surface area contributed by atoms with Gasteiger partial charge >= 0.3 is 5.97 Å². The van der Waals surface area contributed by atoms with Gasteiger partial charge in [-0.25, -0.2) is 18.2 Å². The van der Waals surface area contributed by atoms with Gasteiger partial charge in [0, 0.05) is 18.9 Å². The molecule has 5 aromatic carbocycles. The minimum atomic E-state index is -4.50. The number of aromatic nitrogens is 1. The molecule has 0 saturated heterocycles. The molecule has 2 aliphatic heterocycles. The highest BCUT2D eigenvalue weighted by Gasteiger charge is 2.43. The summed E-state index contributed by atoms with van der Waals surface area (Å²) in [7, 11) is -4.50. The van der Waals surface area contributed by atoms with E-state index in [0.29, 0.717) is 49.5 Å². The largest absolute Gasteiger partial charge is 0.489 e. The van der Waals surface area contributed by atoms with E-state index in [2.05, 4.69) is 21.7 Å². The van der Waals surface area contributed by atoms with Crippen LogP contribution in [-0.4, -0.2) is 59.3 Å². The maximum atomic E-state index is 14.8. The molecule has 348 valence electrons. The molecule has 1 fully saturated rings. The molecule has 2 amide bonds. The van der Waals surface area contributed by atoms with Gasteiger partial charge in [-0.2, -0.15) is 9.57 Å². The third-order valence-electron chi connectivity index (χ3n) is 12.3. The maximum Gasteiger partial charge on any atom is 0.326 e. The fourth-order valence-corrected chi connectivity index (χ4v) is 11.7. The topological polar surface area (TPSA) is 197 Å². The molecule has 0 spiro atoms. The zero-order valence-corrected chi connectivity index (χ0v) is 39.6. The van der Waals surface area contributed by atoms with Crippen LogP contribution in [0.3, 0.4) is 0 Å². The van der Waals surface area contributed by atoms with Crippen molar-refractivity contribution in [2.45, 2.75) is 74.6 Å². The number of ether oxygens (including phenoxy) is 3. The van der Waals surface area contributed by atoms with Crippen molar-refractivity contribution in [3.8, 4) is 34.4 Å². The average Bonchev–Trinajstić information content (AvgIpc) is 3.70. The number of halogens is 2. The third-order valence-corrected chi connectivity index (χ3v) is 16.6. The van der Waals surface area contributed by atoms with Crippen LogP contribution in [0.15, 0.2) is 107 Å². The fraction of sp³-hybridized carbons (Fsp3) is 0.260. The summed E-state index contributed by atoms with van der Waals surface area (Å²) in [4.78, 5) is 44.4. The van der Waals surface area contributed by atoms with Crippen LogP contribution < -0.4 is 24.8 Å². The molecule has 68 heavy (non-hydrogen) atoms. The number of carboxylic acids is 1. The van der Waals surface area contributed by atoms with Gasteiger partial charge in [0.1, 0.15) is 31.0 Å². The molecule has 3 heterocycles. The highest BCUT2D eigenvalue weighted by atomic mass is 35.5. The molecular formula is C50H43Cl2N5O9S2. The SMILES string of the molecule is Cc1nc(NC(=O)C2CCC2)sc1S(=O)(=O)N1Cc2cc3c(cc2CC1C(=O)N[C@@H](Cc1ccc(-c2ccc(C#N)cc2)cc1)C(=O)O)OC[C@H](c1ccc(OCc2ccc(Cl)c(Cl)c2)cc1)O3. The Hall–Kier alpha value is -6.48. The molecule has 1 saturated carbocycles. The van der Waals surface area contributed by atoms with Gasteiger partial charge in [0.25, 0.3) is 10.0 Å². The van der Waals surface area contributed by atoms with Crippen molar-refractivity contribution in [2.75, 3.05) is 11.9 Å².